The lowest BCUT2D eigenvalue weighted by Gasteiger charge is -2.36. The van der Waals surface area contributed by atoms with Crippen molar-refractivity contribution in [3.8, 4) is 17.2 Å². The Morgan fingerprint density at radius 1 is 1.19 bits per heavy atom. The molecule has 9 heteroatoms. The second kappa shape index (κ2) is 8.96. The van der Waals surface area contributed by atoms with E-state index in [1.807, 2.05) is 22.7 Å². The van der Waals surface area contributed by atoms with E-state index >= 15 is 0 Å². The summed E-state index contributed by atoms with van der Waals surface area (Å²) >= 11 is 0. The van der Waals surface area contributed by atoms with E-state index in [9.17, 15) is 4.79 Å². The number of carbonyl (C=O) groups excluding carboxylic acids is 1. The topological polar surface area (TPSA) is 77.9 Å². The number of nitrogens with zero attached hydrogens (tertiary/aromatic N) is 3. The zero-order valence-corrected chi connectivity index (χ0v) is 16.7. The molecule has 1 saturated heterocycles. The third kappa shape index (κ3) is 3.96. The van der Waals surface area contributed by atoms with Gasteiger partial charge in [-0.25, -0.2) is 4.98 Å². The number of piperazine rings is 1. The van der Waals surface area contributed by atoms with Crippen molar-refractivity contribution >= 4 is 18.3 Å². The number of hydrogen-bond acceptors (Lipinski definition) is 6. The first-order chi connectivity index (χ1) is 12.6. The standard InChI is InChI=1S/C18H24N4O4.ClH/c1-21-7-6-20-17(21)13-11-19-5-8-22(13)18(23)12-9-14(24-2)16(26-4)15(10-12)25-3;/h6-7,9-10,13,19H,5,8,11H2,1-4H3;1H. The van der Waals surface area contributed by atoms with E-state index in [2.05, 4.69) is 10.3 Å². The molecule has 1 N–H and O–H groups in total. The average molecular weight is 397 g/mol. The summed E-state index contributed by atoms with van der Waals surface area (Å²) in [6.45, 7) is 1.98. The molecule has 1 aromatic heterocycles. The number of ether oxygens (including phenoxy) is 3. The summed E-state index contributed by atoms with van der Waals surface area (Å²) in [5.74, 6) is 2.13. The van der Waals surface area contributed by atoms with Crippen LogP contribution in [0.3, 0.4) is 0 Å². The molecular formula is C18H25ClN4O4. The van der Waals surface area contributed by atoms with Crippen molar-refractivity contribution in [3.05, 3.63) is 35.9 Å². The van der Waals surface area contributed by atoms with Gasteiger partial charge in [0.15, 0.2) is 11.5 Å². The van der Waals surface area contributed by atoms with Crippen molar-refractivity contribution < 1.29 is 19.0 Å². The summed E-state index contributed by atoms with van der Waals surface area (Å²) in [6, 6.07) is 3.22. The van der Waals surface area contributed by atoms with Crippen molar-refractivity contribution in [2.45, 2.75) is 6.04 Å². The molecule has 1 atom stereocenters. The van der Waals surface area contributed by atoms with Crippen LogP contribution >= 0.6 is 12.4 Å². The van der Waals surface area contributed by atoms with Crippen LogP contribution in [0.2, 0.25) is 0 Å². The summed E-state index contributed by atoms with van der Waals surface area (Å²) in [5, 5.41) is 3.33. The first-order valence-electron chi connectivity index (χ1n) is 8.39. The predicted octanol–water partition coefficient (Wildman–Crippen LogP) is 1.65. The molecule has 0 saturated carbocycles. The monoisotopic (exact) mass is 396 g/mol. The van der Waals surface area contributed by atoms with Crippen LogP contribution in [0.1, 0.15) is 22.2 Å². The molecule has 2 aromatic rings. The maximum absolute atomic E-state index is 13.3. The zero-order chi connectivity index (χ0) is 18.7. The number of aryl methyl sites for hydroxylation is 1. The Morgan fingerprint density at radius 2 is 1.85 bits per heavy atom. The Morgan fingerprint density at radius 3 is 2.37 bits per heavy atom. The molecule has 0 bridgehead atoms. The molecule has 1 aliphatic heterocycles. The third-order valence-electron chi connectivity index (χ3n) is 4.57. The second-order valence-corrected chi connectivity index (χ2v) is 6.03. The van der Waals surface area contributed by atoms with Crippen LogP contribution in [-0.4, -0.2) is 61.3 Å². The summed E-state index contributed by atoms with van der Waals surface area (Å²) in [7, 11) is 6.54. The predicted molar refractivity (Wildman–Crippen MR) is 103 cm³/mol. The number of imidazole rings is 1. The van der Waals surface area contributed by atoms with Gasteiger partial charge in [0.1, 0.15) is 11.9 Å². The van der Waals surface area contributed by atoms with Crippen LogP contribution in [0.15, 0.2) is 24.5 Å². The quantitative estimate of drug-likeness (QED) is 0.828. The van der Waals surface area contributed by atoms with Crippen LogP contribution in [-0.2, 0) is 7.05 Å². The summed E-state index contributed by atoms with van der Waals surface area (Å²) in [5.41, 5.74) is 0.487. The van der Waals surface area contributed by atoms with Crippen molar-refractivity contribution in [2.75, 3.05) is 41.0 Å². The number of aromatic nitrogens is 2. The molecule has 8 nitrogen and oxygen atoms in total. The first-order valence-corrected chi connectivity index (χ1v) is 8.39. The molecule has 148 valence electrons. The molecule has 0 spiro atoms. The van der Waals surface area contributed by atoms with E-state index in [1.165, 1.54) is 21.3 Å². The lowest BCUT2D eigenvalue weighted by molar-refractivity contribution is 0.0620. The van der Waals surface area contributed by atoms with Crippen molar-refractivity contribution in [3.63, 3.8) is 0 Å². The molecule has 1 aliphatic rings. The number of amides is 1. The molecule has 1 fully saturated rings. The van der Waals surface area contributed by atoms with Crippen molar-refractivity contribution in [1.82, 2.24) is 19.8 Å². The molecule has 1 aromatic carbocycles. The van der Waals surface area contributed by atoms with E-state index in [-0.39, 0.29) is 24.4 Å². The highest BCUT2D eigenvalue weighted by Gasteiger charge is 2.32. The number of halogens is 1. The summed E-state index contributed by atoms with van der Waals surface area (Å²) in [6.07, 6.45) is 3.62. The van der Waals surface area contributed by atoms with E-state index in [4.69, 9.17) is 14.2 Å². The van der Waals surface area contributed by atoms with Gasteiger partial charge in [-0.2, -0.15) is 0 Å². The molecule has 0 aliphatic carbocycles. The molecule has 2 heterocycles. The number of methoxy groups -OCH3 is 3. The molecule has 3 rings (SSSR count). The largest absolute Gasteiger partial charge is 0.493 e. The van der Waals surface area contributed by atoms with E-state index < -0.39 is 0 Å². The minimum atomic E-state index is -0.143. The maximum atomic E-state index is 13.3. The molecule has 27 heavy (non-hydrogen) atoms. The first kappa shape index (κ1) is 20.9. The van der Waals surface area contributed by atoms with Gasteiger partial charge in [-0.1, -0.05) is 0 Å². The smallest absolute Gasteiger partial charge is 0.254 e. The van der Waals surface area contributed by atoms with Gasteiger partial charge in [0.2, 0.25) is 5.75 Å². The van der Waals surface area contributed by atoms with Gasteiger partial charge >= 0.3 is 0 Å². The number of benzene rings is 1. The summed E-state index contributed by atoms with van der Waals surface area (Å²) in [4.78, 5) is 19.5. The molecular weight excluding hydrogens is 372 g/mol. The number of rotatable bonds is 5. The van der Waals surface area contributed by atoms with Gasteiger partial charge in [0.25, 0.3) is 5.91 Å². The van der Waals surface area contributed by atoms with E-state index in [0.717, 1.165) is 12.4 Å². The van der Waals surface area contributed by atoms with Gasteiger partial charge in [-0.3, -0.25) is 4.79 Å². The van der Waals surface area contributed by atoms with E-state index in [1.54, 1.807) is 18.3 Å². The van der Waals surface area contributed by atoms with E-state index in [0.29, 0.717) is 35.9 Å². The zero-order valence-electron chi connectivity index (χ0n) is 15.9. The van der Waals surface area contributed by atoms with Crippen LogP contribution in [0, 0.1) is 0 Å². The van der Waals surface area contributed by atoms with Gasteiger partial charge in [0.05, 0.1) is 21.3 Å². The molecule has 1 unspecified atom stereocenters. The lowest BCUT2D eigenvalue weighted by atomic mass is 10.1. The SMILES string of the molecule is COc1cc(C(=O)N2CCNCC2c2nccn2C)cc(OC)c1OC.Cl. The third-order valence-corrected chi connectivity index (χ3v) is 4.57. The van der Waals surface area contributed by atoms with Crippen molar-refractivity contribution in [1.29, 1.82) is 0 Å². The highest BCUT2D eigenvalue weighted by atomic mass is 35.5. The minimum Gasteiger partial charge on any atom is -0.493 e. The average Bonchev–Trinajstić information content (AvgIpc) is 3.11. The Bertz CT molecular complexity index is 770. The highest BCUT2D eigenvalue weighted by molar-refractivity contribution is 5.96. The van der Waals surface area contributed by atoms with Gasteiger partial charge in [-0.05, 0) is 12.1 Å². The fourth-order valence-corrected chi connectivity index (χ4v) is 3.25. The number of nitrogens with one attached hydrogen (secondary N) is 1. The van der Waals surface area contributed by atoms with Gasteiger partial charge in [0, 0.05) is 44.6 Å². The maximum Gasteiger partial charge on any atom is 0.254 e. The normalized spacial score (nSPS) is 16.4. The van der Waals surface area contributed by atoms with Gasteiger partial charge in [-0.15, -0.1) is 12.4 Å². The lowest BCUT2D eigenvalue weighted by Crippen LogP contribution is -2.49. The Kier molecular flexibility index (Phi) is 6.92. The molecule has 0 radical (unpaired) electrons. The van der Waals surface area contributed by atoms with Gasteiger partial charge < -0.3 is 29.0 Å². The van der Waals surface area contributed by atoms with Crippen LogP contribution in [0.25, 0.3) is 0 Å². The number of carbonyl (C=O) groups is 1. The number of hydrogen-bond donors (Lipinski definition) is 1. The Labute approximate surface area is 164 Å². The molecule has 1 amide bonds. The van der Waals surface area contributed by atoms with Crippen LogP contribution in [0.5, 0.6) is 17.2 Å². The second-order valence-electron chi connectivity index (χ2n) is 6.03. The van der Waals surface area contributed by atoms with Crippen LogP contribution in [0.4, 0.5) is 0 Å². The Hall–Kier alpha value is -2.45. The fraction of sp³-hybridized carbons (Fsp3) is 0.444. The highest BCUT2D eigenvalue weighted by Crippen LogP contribution is 2.39. The summed E-state index contributed by atoms with van der Waals surface area (Å²) < 4.78 is 18.0. The Balaban J connectivity index is 0.00000261. The fourth-order valence-electron chi connectivity index (χ4n) is 3.25. The minimum absolute atomic E-state index is 0. The van der Waals surface area contributed by atoms with Crippen LogP contribution < -0.4 is 19.5 Å². The van der Waals surface area contributed by atoms with Crippen molar-refractivity contribution in [2.24, 2.45) is 7.05 Å².